The van der Waals surface area contributed by atoms with Gasteiger partial charge in [0.25, 0.3) is 0 Å². The monoisotopic (exact) mass is 342 g/mol. The summed E-state index contributed by atoms with van der Waals surface area (Å²) in [6, 6.07) is 0. The van der Waals surface area contributed by atoms with Crippen LogP contribution in [0.5, 0.6) is 0 Å². The Morgan fingerprint density at radius 2 is 1.50 bits per heavy atom. The van der Waals surface area contributed by atoms with Crippen molar-refractivity contribution >= 4 is 14.5 Å². The van der Waals surface area contributed by atoms with Crippen molar-refractivity contribution in [3.8, 4) is 0 Å². The second-order valence-corrected chi connectivity index (χ2v) is 1.06. The van der Waals surface area contributed by atoms with Gasteiger partial charge in [-0.05, 0) is 0 Å². The molecule has 0 saturated heterocycles. The van der Waals surface area contributed by atoms with Gasteiger partial charge in [0.05, 0.1) is 0 Å². The number of hydrogen-bond acceptors (Lipinski definition) is 3. The van der Waals surface area contributed by atoms with E-state index in [1.807, 2.05) is 0 Å². The maximum Gasteiger partial charge on any atom is 2.00 e. The molecule has 4 nitrogen and oxygen atoms in total. The van der Waals surface area contributed by atoms with Gasteiger partial charge in [0.15, 0.2) is 0 Å². The van der Waals surface area contributed by atoms with Crippen LogP contribution in [0, 0.1) is 0 Å². The molecule has 0 atom stereocenters. The Labute approximate surface area is 55.6 Å². The summed E-state index contributed by atoms with van der Waals surface area (Å²) in [5, 5.41) is 0. The van der Waals surface area contributed by atoms with Crippen LogP contribution in [0.4, 0.5) is 0 Å². The molecule has 0 aliphatic rings. The Hall–Kier alpha value is 0.888. The van der Waals surface area contributed by atoms with Gasteiger partial charge in [0.1, 0.15) is 0 Å². The quantitative estimate of drug-likeness (QED) is 0.498. The molecule has 0 fully saturated rings. The summed E-state index contributed by atoms with van der Waals surface area (Å²) in [6.45, 7) is 0. The Bertz CT molecular complexity index is 37.9. The van der Waals surface area contributed by atoms with E-state index in [0.717, 1.165) is 0 Å². The molecule has 6 heteroatoms. The summed E-state index contributed by atoms with van der Waals surface area (Å²) in [7, 11) is 0. The predicted molar refractivity (Wildman–Crippen MR) is 13.5 cm³/mol. The third-order valence-corrected chi connectivity index (χ3v) is 0. The van der Waals surface area contributed by atoms with Crippen LogP contribution in [0.2, 0.25) is 0 Å². The first-order valence-electron chi connectivity index (χ1n) is 0.500. The molecule has 0 aromatic heterocycles. The molecule has 42 valence electrons. The van der Waals surface area contributed by atoms with Crippen LogP contribution in [0.3, 0.4) is 0 Å². The molecule has 6 heavy (non-hydrogen) atoms. The van der Waals surface area contributed by atoms with Gasteiger partial charge in [-0.3, -0.25) is 0 Å². The largest absolute Gasteiger partial charge is 2.00 e. The van der Waals surface area contributed by atoms with Gasteiger partial charge in [0, 0.05) is 0 Å². The van der Waals surface area contributed by atoms with Crippen LogP contribution in [-0.2, 0) is 24.9 Å². The number of quaternary nitrogens is 1. The molecule has 0 heterocycles. The molecule has 0 amide bonds. The fourth-order valence-corrected chi connectivity index (χ4v) is 0. The summed E-state index contributed by atoms with van der Waals surface area (Å²) in [5.41, 5.74) is 0. The van der Waals surface area contributed by atoms with E-state index in [-0.39, 0.29) is 28.6 Å². The van der Waals surface area contributed by atoms with Crippen molar-refractivity contribution in [3.05, 3.63) is 0 Å². The average molecular weight is 341 g/mol. The van der Waals surface area contributed by atoms with Crippen LogP contribution >= 0.6 is 0 Å². The van der Waals surface area contributed by atoms with Crippen molar-refractivity contribution in [3.63, 3.8) is 0 Å². The van der Waals surface area contributed by atoms with E-state index in [2.05, 4.69) is 0 Å². The van der Waals surface area contributed by atoms with Crippen LogP contribution in [0.15, 0.2) is 0 Å². The van der Waals surface area contributed by atoms with Crippen LogP contribution in [0.25, 0.3) is 0 Å². The first-order chi connectivity index (χ1) is 1.73. The molecule has 0 bridgehead atoms. The van der Waals surface area contributed by atoms with E-state index < -0.39 is 14.5 Å². The first-order valence-corrected chi connectivity index (χ1v) is 2.60. The van der Waals surface area contributed by atoms with E-state index in [4.69, 9.17) is 12.2 Å². The third-order valence-electron chi connectivity index (χ3n) is 0. The van der Waals surface area contributed by atoms with Crippen molar-refractivity contribution in [2.75, 3.05) is 0 Å². The van der Waals surface area contributed by atoms with Crippen LogP contribution < -0.4 is 14.5 Å². The topological polar surface area (TPSA) is 99.7 Å². The van der Waals surface area contributed by atoms with E-state index in [9.17, 15) is 0 Å². The fourth-order valence-electron chi connectivity index (χ4n) is 0. The third kappa shape index (κ3) is 93.7. The van der Waals surface area contributed by atoms with E-state index in [0.29, 0.717) is 0 Å². The minimum atomic E-state index is -3.79. The van der Waals surface area contributed by atoms with Gasteiger partial charge in [-0.1, -0.05) is 0 Å². The number of hydrogen-bond donors (Lipinski definition) is 1. The van der Waals surface area contributed by atoms with Crippen molar-refractivity contribution < 1.29 is 34.7 Å². The fraction of sp³-hybridized carbons (Fsp3) is 0. The molecular formula is H5NO3PtSe+2. The van der Waals surface area contributed by atoms with Crippen molar-refractivity contribution in [2.24, 2.45) is 0 Å². The minimum absolute atomic E-state index is 0. The molecule has 0 spiro atoms. The van der Waals surface area contributed by atoms with Gasteiger partial charge < -0.3 is 6.15 Å². The zero-order chi connectivity index (χ0) is 3.58. The zero-order valence-electron chi connectivity index (χ0n) is 3.95. The second-order valence-electron chi connectivity index (χ2n) is 0.204. The first kappa shape index (κ1) is 15.8. The smallest absolute Gasteiger partial charge is 0.369 e. The van der Waals surface area contributed by atoms with E-state index in [1.165, 1.54) is 0 Å². The Balaban J connectivity index is -0.0000000150. The van der Waals surface area contributed by atoms with Crippen molar-refractivity contribution in [2.45, 2.75) is 0 Å². The standard InChI is InChI=1S/H3N.H2O3Se.Pt/c;1-4(2)3;/h1H3;(H2,1,2,3);/q;;+2. The zero-order valence-corrected chi connectivity index (χ0v) is 6.93. The normalized spacial score (nSPS) is 5.83. The molecule has 0 saturated carbocycles. The molecule has 0 aromatic carbocycles. The van der Waals surface area contributed by atoms with Gasteiger partial charge in [-0.2, -0.15) is 0 Å². The Morgan fingerprint density at radius 1 is 1.50 bits per heavy atom. The van der Waals surface area contributed by atoms with Gasteiger partial charge >= 0.3 is 49.2 Å². The maximum absolute atomic E-state index is 8.54. The van der Waals surface area contributed by atoms with Gasteiger partial charge in [-0.15, -0.1) is 0 Å². The summed E-state index contributed by atoms with van der Waals surface area (Å²) < 4.78 is 25.6. The molecule has 4 N–H and O–H groups in total. The van der Waals surface area contributed by atoms with E-state index in [1.54, 1.807) is 0 Å². The molecule has 0 radical (unpaired) electrons. The Kier molecular flexibility index (Phi) is 24.5. The molecule has 0 unspecified atom stereocenters. The summed E-state index contributed by atoms with van der Waals surface area (Å²) in [4.78, 5) is 0. The molecule has 0 rings (SSSR count). The van der Waals surface area contributed by atoms with E-state index >= 15 is 0 Å². The summed E-state index contributed by atoms with van der Waals surface area (Å²) in [5.74, 6) is 0. The molecule has 0 aliphatic carbocycles. The number of rotatable bonds is 0. The van der Waals surface area contributed by atoms with Crippen LogP contribution in [-0.4, -0.2) is 14.5 Å². The summed E-state index contributed by atoms with van der Waals surface area (Å²) in [6.07, 6.45) is 0. The molecule has 0 aromatic rings. The van der Waals surface area contributed by atoms with Crippen LogP contribution in [0.1, 0.15) is 1.43 Å². The van der Waals surface area contributed by atoms with Gasteiger partial charge in [0.2, 0.25) is 0 Å². The predicted octanol–water partition coefficient (Wildman–Crippen LogP) is -2.39. The second kappa shape index (κ2) is 9.31. The van der Waals surface area contributed by atoms with Crippen molar-refractivity contribution in [1.82, 2.24) is 6.15 Å². The maximum atomic E-state index is 8.54. The molecule has 0 aliphatic heterocycles. The van der Waals surface area contributed by atoms with Crippen molar-refractivity contribution in [1.29, 1.82) is 0 Å². The van der Waals surface area contributed by atoms with Gasteiger partial charge in [-0.25, -0.2) is 0 Å². The summed E-state index contributed by atoms with van der Waals surface area (Å²) >= 11 is -3.79. The average Bonchev–Trinajstić information content (AvgIpc) is 0.811. The SMILES string of the molecule is O=[Se]([O-])[O-].[H+].[NH4+].[Pt+2]. The minimum Gasteiger partial charge on any atom is -0.369 e. The molecular weight excluding hydrogens is 336 g/mol. The Morgan fingerprint density at radius 3 is 1.50 bits per heavy atom.